The Kier molecular flexibility index (Phi) is 6.72. The van der Waals surface area contributed by atoms with Gasteiger partial charge in [-0.15, -0.1) is 11.8 Å². The van der Waals surface area contributed by atoms with E-state index in [0.717, 1.165) is 19.3 Å². The van der Waals surface area contributed by atoms with Crippen LogP contribution in [0.1, 0.15) is 26.2 Å². The van der Waals surface area contributed by atoms with Crippen LogP contribution in [-0.2, 0) is 19.2 Å². The van der Waals surface area contributed by atoms with E-state index in [1.807, 2.05) is 0 Å². The van der Waals surface area contributed by atoms with Crippen molar-refractivity contribution >= 4 is 40.9 Å². The normalized spacial score (nSPS) is 18.1. The number of likely N-dealkylation sites (N-methyl/N-ethyl adjacent to an activating group) is 1. The summed E-state index contributed by atoms with van der Waals surface area (Å²) in [5.74, 6) is -0.449. The summed E-state index contributed by atoms with van der Waals surface area (Å²) in [6.45, 7) is 2.12. The second kappa shape index (κ2) is 8.62. The zero-order valence-electron chi connectivity index (χ0n) is 16.0. The van der Waals surface area contributed by atoms with Crippen LogP contribution in [0.15, 0.2) is 27.4 Å². The first kappa shape index (κ1) is 21.0. The second-order valence-corrected chi connectivity index (χ2v) is 7.88. The van der Waals surface area contributed by atoms with E-state index >= 15 is 0 Å². The third kappa shape index (κ3) is 4.72. The van der Waals surface area contributed by atoms with E-state index in [4.69, 9.17) is 0 Å². The highest BCUT2D eigenvalue weighted by atomic mass is 32.2. The highest BCUT2D eigenvalue weighted by molar-refractivity contribution is 8.04. The van der Waals surface area contributed by atoms with Crippen molar-refractivity contribution in [2.45, 2.75) is 26.2 Å². The number of hydrogen-bond acceptors (Lipinski definition) is 6. The molecular formula is C18H25N4O4S+. The zero-order valence-corrected chi connectivity index (χ0v) is 16.9. The summed E-state index contributed by atoms with van der Waals surface area (Å²) in [7, 11) is 4.79. The van der Waals surface area contributed by atoms with Gasteiger partial charge in [0.1, 0.15) is 5.57 Å². The Morgan fingerprint density at radius 3 is 2.52 bits per heavy atom. The molecule has 8 nitrogen and oxygen atoms in total. The van der Waals surface area contributed by atoms with Crippen LogP contribution in [0.4, 0.5) is 0 Å². The first-order valence-electron chi connectivity index (χ1n) is 8.78. The minimum atomic E-state index is -0.475. The summed E-state index contributed by atoms with van der Waals surface area (Å²) < 4.78 is -0.166. The Hall–Kier alpha value is -2.26. The fourth-order valence-electron chi connectivity index (χ4n) is 2.95. The lowest BCUT2D eigenvalue weighted by Crippen LogP contribution is -2.36. The molecule has 0 spiro atoms. The summed E-state index contributed by atoms with van der Waals surface area (Å²) >= 11 is 1.32. The van der Waals surface area contributed by atoms with Gasteiger partial charge in [0.2, 0.25) is 28.9 Å². The van der Waals surface area contributed by atoms with E-state index in [1.54, 1.807) is 14.1 Å². The number of thioether (sulfide) groups is 1. The Morgan fingerprint density at radius 2 is 1.89 bits per heavy atom. The highest BCUT2D eigenvalue weighted by Gasteiger charge is 2.48. The van der Waals surface area contributed by atoms with E-state index in [-0.39, 0.29) is 39.0 Å². The van der Waals surface area contributed by atoms with E-state index in [1.165, 1.54) is 31.8 Å². The molecule has 0 bridgehead atoms. The lowest BCUT2D eigenvalue weighted by Gasteiger charge is -2.21. The quantitative estimate of drug-likeness (QED) is 0.355. The van der Waals surface area contributed by atoms with Gasteiger partial charge in [-0.05, 0) is 18.6 Å². The number of nitrogens with zero attached hydrogens (tertiary/aromatic N) is 2. The molecular weight excluding hydrogens is 368 g/mol. The van der Waals surface area contributed by atoms with Gasteiger partial charge in [0.05, 0.1) is 19.0 Å². The van der Waals surface area contributed by atoms with Crippen molar-refractivity contribution in [3.05, 3.63) is 22.3 Å². The molecule has 0 saturated heterocycles. The maximum atomic E-state index is 12.9. The Labute approximate surface area is 162 Å². The topological polar surface area (TPSA) is 105 Å². The smallest absolute Gasteiger partial charge is 0.276 e. The third-order valence-electron chi connectivity index (χ3n) is 4.21. The van der Waals surface area contributed by atoms with Gasteiger partial charge in [-0.1, -0.05) is 11.5 Å². The molecule has 2 rings (SSSR count). The predicted octanol–water partition coefficient (Wildman–Crippen LogP) is 0.508. The summed E-state index contributed by atoms with van der Waals surface area (Å²) in [6.07, 6.45) is 3.98. The van der Waals surface area contributed by atoms with Crippen molar-refractivity contribution in [1.29, 1.82) is 0 Å². The van der Waals surface area contributed by atoms with E-state index < -0.39 is 5.91 Å². The molecule has 0 aromatic carbocycles. The molecule has 0 aromatic rings. The van der Waals surface area contributed by atoms with Crippen molar-refractivity contribution in [3.8, 4) is 0 Å². The first-order valence-corrected chi connectivity index (χ1v) is 9.77. The number of hydrogen-bond donors (Lipinski definition) is 2. The maximum Gasteiger partial charge on any atom is 0.276 e. The largest absolute Gasteiger partial charge is 0.356 e. The average molecular weight is 393 g/mol. The molecule has 2 N–H and O–H groups in total. The number of quaternary nitrogens is 1. The Balaban J connectivity index is 2.01. The van der Waals surface area contributed by atoms with Gasteiger partial charge in [-0.3, -0.25) is 19.2 Å². The molecule has 0 fully saturated rings. The summed E-state index contributed by atoms with van der Waals surface area (Å²) in [4.78, 5) is 48.7. The van der Waals surface area contributed by atoms with Crippen molar-refractivity contribution in [2.75, 3.05) is 33.4 Å². The van der Waals surface area contributed by atoms with Crippen LogP contribution in [0.3, 0.4) is 0 Å². The van der Waals surface area contributed by atoms with Gasteiger partial charge in [-0.25, -0.2) is 0 Å². The standard InChI is InChI=1S/C18H24N4O4S/c1-11(23)20-8-6-5-7-9-27-13-10-12(24)16-14(17(13)25)15(18(26)19-2)21-22(16,3)4/h10H,5-9H2,1-4H3,(H-,19,20,23,26)/p+1. The molecule has 0 radical (unpaired) electrons. The van der Waals surface area contributed by atoms with Gasteiger partial charge in [0.15, 0.2) is 0 Å². The van der Waals surface area contributed by atoms with E-state index in [2.05, 4.69) is 15.7 Å². The number of unbranched alkanes of at least 4 members (excludes halogenated alkanes) is 2. The average Bonchev–Trinajstić information content (AvgIpc) is 2.89. The molecule has 1 aliphatic carbocycles. The molecule has 2 aliphatic rings. The van der Waals surface area contributed by atoms with Crippen LogP contribution >= 0.6 is 11.8 Å². The van der Waals surface area contributed by atoms with Crippen molar-refractivity contribution in [3.63, 3.8) is 0 Å². The summed E-state index contributed by atoms with van der Waals surface area (Å²) in [5, 5.41) is 9.48. The number of ketones is 2. The first-order chi connectivity index (χ1) is 12.7. The van der Waals surface area contributed by atoms with Crippen molar-refractivity contribution in [1.82, 2.24) is 10.6 Å². The molecule has 0 atom stereocenters. The lowest BCUT2D eigenvalue weighted by molar-refractivity contribution is -0.851. The predicted molar refractivity (Wildman–Crippen MR) is 104 cm³/mol. The van der Waals surface area contributed by atoms with Crippen LogP contribution in [0.2, 0.25) is 0 Å². The minimum absolute atomic E-state index is 0.0114. The second-order valence-electron chi connectivity index (χ2n) is 6.74. The zero-order chi connectivity index (χ0) is 20.2. The number of carbonyl (C=O) groups excluding carboxylic acids is 4. The molecule has 1 aliphatic heterocycles. The van der Waals surface area contributed by atoms with Crippen LogP contribution in [0.25, 0.3) is 0 Å². The summed E-state index contributed by atoms with van der Waals surface area (Å²) in [6, 6.07) is 0. The molecule has 0 saturated carbocycles. The molecule has 27 heavy (non-hydrogen) atoms. The third-order valence-corrected chi connectivity index (χ3v) is 5.32. The number of rotatable bonds is 8. The number of amides is 2. The van der Waals surface area contributed by atoms with Gasteiger partial charge in [0, 0.05) is 26.6 Å². The molecule has 146 valence electrons. The molecule has 0 aromatic heterocycles. The molecule has 2 amide bonds. The monoisotopic (exact) mass is 393 g/mol. The maximum absolute atomic E-state index is 12.9. The van der Waals surface area contributed by atoms with E-state index in [0.29, 0.717) is 17.2 Å². The minimum Gasteiger partial charge on any atom is -0.356 e. The van der Waals surface area contributed by atoms with Crippen LogP contribution < -0.4 is 10.6 Å². The fourth-order valence-corrected chi connectivity index (χ4v) is 3.95. The van der Waals surface area contributed by atoms with Gasteiger partial charge >= 0.3 is 0 Å². The van der Waals surface area contributed by atoms with Gasteiger partial charge in [0.25, 0.3) is 5.91 Å². The Bertz CT molecular complexity index is 780. The number of allylic oxidation sites excluding steroid dienone is 2. The molecule has 0 unspecified atom stereocenters. The lowest BCUT2D eigenvalue weighted by atomic mass is 9.95. The SMILES string of the molecule is CNC(=O)C1=N[N+](C)(C)C2=C1C(=O)C(SCCCCCNC(C)=O)=CC2=O. The number of carbonyl (C=O) groups is 4. The number of Topliss-reactive ketones (excluding diaryl/α,β-unsaturated/α-hetero) is 1. The van der Waals surface area contributed by atoms with Gasteiger partial charge < -0.3 is 10.6 Å². The van der Waals surface area contributed by atoms with Crippen LogP contribution in [0, 0.1) is 0 Å². The molecule has 9 heteroatoms. The van der Waals surface area contributed by atoms with Crippen molar-refractivity contribution in [2.24, 2.45) is 5.10 Å². The van der Waals surface area contributed by atoms with Crippen molar-refractivity contribution < 1.29 is 23.8 Å². The fraction of sp³-hybridized carbons (Fsp3) is 0.500. The highest BCUT2D eigenvalue weighted by Crippen LogP contribution is 2.36. The number of nitrogens with one attached hydrogen (secondary N) is 2. The van der Waals surface area contributed by atoms with Crippen LogP contribution in [0.5, 0.6) is 0 Å². The van der Waals surface area contributed by atoms with Crippen LogP contribution in [-0.4, -0.2) is 67.1 Å². The van der Waals surface area contributed by atoms with E-state index in [9.17, 15) is 19.2 Å². The molecule has 1 heterocycles. The Morgan fingerprint density at radius 1 is 1.19 bits per heavy atom. The van der Waals surface area contributed by atoms with Gasteiger partial charge in [-0.2, -0.15) is 4.59 Å². The summed E-state index contributed by atoms with van der Waals surface area (Å²) in [5.41, 5.74) is 0.357.